The van der Waals surface area contributed by atoms with Crippen molar-refractivity contribution in [1.29, 1.82) is 0 Å². The molecule has 0 fully saturated rings. The van der Waals surface area contributed by atoms with Crippen molar-refractivity contribution in [2.45, 2.75) is 31.4 Å². The van der Waals surface area contributed by atoms with Gasteiger partial charge in [0, 0.05) is 13.5 Å². The molecule has 0 saturated heterocycles. The molecule has 0 heterocycles. The Labute approximate surface area is 133 Å². The van der Waals surface area contributed by atoms with E-state index in [2.05, 4.69) is 14.8 Å². The van der Waals surface area contributed by atoms with E-state index in [9.17, 15) is 14.4 Å². The summed E-state index contributed by atoms with van der Waals surface area (Å²) in [6, 6.07) is -0.958. The predicted molar refractivity (Wildman–Crippen MR) is 81.7 cm³/mol. The van der Waals surface area contributed by atoms with Crippen LogP contribution in [0, 0.1) is 0 Å². The fraction of sp³-hybridized carbons (Fsp3) is 0.692. The summed E-state index contributed by atoms with van der Waals surface area (Å²) in [5.74, 6) is -0.811. The number of ketones is 1. The Bertz CT molecular complexity index is 437. The lowest BCUT2D eigenvalue weighted by Crippen LogP contribution is -2.46. The van der Waals surface area contributed by atoms with E-state index in [1.807, 2.05) is 6.26 Å². The third-order valence-electron chi connectivity index (χ3n) is 2.84. The molecule has 0 bridgehead atoms. The number of thioether (sulfide) groups is 1. The molecule has 0 aromatic heterocycles. The molecule has 0 aromatic rings. The first-order valence-electron chi connectivity index (χ1n) is 6.60. The molecule has 9 heteroatoms. The highest BCUT2D eigenvalue weighted by atomic mass is 32.2. The van der Waals surface area contributed by atoms with Gasteiger partial charge < -0.3 is 20.3 Å². The van der Waals surface area contributed by atoms with Gasteiger partial charge in [0.2, 0.25) is 11.7 Å². The maximum absolute atomic E-state index is 12.1. The summed E-state index contributed by atoms with van der Waals surface area (Å²) >= 11 is 1.58. The van der Waals surface area contributed by atoms with Gasteiger partial charge >= 0.3 is 12.2 Å². The lowest BCUT2D eigenvalue weighted by atomic mass is 10.1. The molecule has 0 spiro atoms. The Balaban J connectivity index is 4.69. The highest BCUT2D eigenvalue weighted by Gasteiger charge is 2.26. The minimum atomic E-state index is -0.958. The summed E-state index contributed by atoms with van der Waals surface area (Å²) in [6.07, 6.45) is 2.47. The van der Waals surface area contributed by atoms with E-state index in [1.165, 1.54) is 14.2 Å². The molecular formula is C13H21N3O5S. The van der Waals surface area contributed by atoms with Crippen LogP contribution in [0.3, 0.4) is 0 Å². The number of ether oxygens (including phenoxy) is 2. The van der Waals surface area contributed by atoms with Crippen molar-refractivity contribution in [2.75, 3.05) is 26.2 Å². The van der Waals surface area contributed by atoms with Gasteiger partial charge in [-0.3, -0.25) is 9.59 Å². The molecule has 8 nitrogen and oxygen atoms in total. The van der Waals surface area contributed by atoms with Crippen LogP contribution in [0.1, 0.15) is 19.3 Å². The second-order valence-corrected chi connectivity index (χ2v) is 5.33. The number of methoxy groups -OCH3 is 2. The molecule has 0 rings (SSSR count). The number of nitrogens with zero attached hydrogens (tertiary/aromatic N) is 2. The van der Waals surface area contributed by atoms with E-state index < -0.39 is 29.8 Å². The Morgan fingerprint density at radius 2 is 2.00 bits per heavy atom. The quantitative estimate of drug-likeness (QED) is 0.247. The first kappa shape index (κ1) is 20.3. The molecule has 0 aromatic carbocycles. The molecular weight excluding hydrogens is 310 g/mol. The van der Waals surface area contributed by atoms with Gasteiger partial charge in [-0.25, -0.2) is 4.79 Å². The van der Waals surface area contributed by atoms with Gasteiger partial charge in [-0.1, -0.05) is 0 Å². The fourth-order valence-electron chi connectivity index (χ4n) is 1.65. The zero-order valence-corrected chi connectivity index (χ0v) is 13.7. The van der Waals surface area contributed by atoms with Gasteiger partial charge in [0.05, 0.1) is 7.11 Å². The summed E-state index contributed by atoms with van der Waals surface area (Å²) in [5.41, 5.74) is 8.26. The van der Waals surface area contributed by atoms with Crippen molar-refractivity contribution in [3.63, 3.8) is 0 Å². The van der Waals surface area contributed by atoms with Crippen LogP contribution in [0.5, 0.6) is 0 Å². The summed E-state index contributed by atoms with van der Waals surface area (Å²) < 4.78 is 9.70. The monoisotopic (exact) mass is 331 g/mol. The highest BCUT2D eigenvalue weighted by Crippen LogP contribution is 2.06. The van der Waals surface area contributed by atoms with Crippen LogP contribution >= 0.6 is 11.8 Å². The van der Waals surface area contributed by atoms with Crippen molar-refractivity contribution >= 4 is 35.6 Å². The van der Waals surface area contributed by atoms with Gasteiger partial charge in [-0.15, -0.1) is 0 Å². The van der Waals surface area contributed by atoms with E-state index in [0.29, 0.717) is 6.42 Å². The highest BCUT2D eigenvalue weighted by molar-refractivity contribution is 7.98. The molecule has 1 amide bonds. The van der Waals surface area contributed by atoms with Crippen LogP contribution in [-0.2, 0) is 23.9 Å². The van der Waals surface area contributed by atoms with E-state index in [-0.39, 0.29) is 12.8 Å². The van der Waals surface area contributed by atoms with E-state index in [0.717, 1.165) is 12.0 Å². The number of carbonyl (C=O) groups is 3. The van der Waals surface area contributed by atoms with Crippen molar-refractivity contribution in [1.82, 2.24) is 5.32 Å². The summed E-state index contributed by atoms with van der Waals surface area (Å²) in [7, 11) is 2.61. The Morgan fingerprint density at radius 3 is 2.50 bits per heavy atom. The summed E-state index contributed by atoms with van der Waals surface area (Å²) in [5, 5.41) is 2.52. The zero-order chi connectivity index (χ0) is 17.0. The number of hydrogen-bond acceptors (Lipinski definition) is 6. The van der Waals surface area contributed by atoms with Gasteiger partial charge in [0.1, 0.15) is 12.1 Å². The third kappa shape index (κ3) is 7.92. The maximum atomic E-state index is 12.1. The van der Waals surface area contributed by atoms with Crippen LogP contribution in [0.2, 0.25) is 0 Å². The summed E-state index contributed by atoms with van der Waals surface area (Å²) in [6.45, 7) is 0. The van der Waals surface area contributed by atoms with Crippen molar-refractivity contribution in [2.24, 2.45) is 0 Å². The first-order chi connectivity index (χ1) is 10.5. The second-order valence-electron chi connectivity index (χ2n) is 4.34. The Kier molecular flexibility index (Phi) is 11.0. The maximum Gasteiger partial charge on any atom is 0.328 e. The van der Waals surface area contributed by atoms with E-state index in [4.69, 9.17) is 10.3 Å². The average Bonchev–Trinajstić information content (AvgIpc) is 2.51. The van der Waals surface area contributed by atoms with Gasteiger partial charge in [0.15, 0.2) is 0 Å². The van der Waals surface area contributed by atoms with E-state index in [1.54, 1.807) is 11.8 Å². The van der Waals surface area contributed by atoms with Crippen molar-refractivity contribution in [3.05, 3.63) is 5.53 Å². The summed E-state index contributed by atoms with van der Waals surface area (Å²) in [4.78, 5) is 37.6. The molecule has 0 aliphatic heterocycles. The van der Waals surface area contributed by atoms with Gasteiger partial charge in [-0.2, -0.15) is 16.6 Å². The average molecular weight is 331 g/mol. The minimum Gasteiger partial charge on any atom is -0.467 e. The molecule has 2 atom stereocenters. The van der Waals surface area contributed by atoms with Crippen LogP contribution < -0.4 is 5.32 Å². The molecule has 0 aliphatic carbocycles. The standard InChI is InChI=1S/C13H21N3O5S/c1-20-11(6-7-22-3)12(18)16-10(13(19)21-2)5-4-9(17)8-15-14/h8,10-11H,4-7H2,1-3H3,(H,16,18)/t10-,11-/m0/s1. The zero-order valence-electron chi connectivity index (χ0n) is 12.9. The third-order valence-corrected chi connectivity index (χ3v) is 3.49. The SMILES string of the molecule is COC(=O)[C@H](CCC(=O)C=[N+]=[N-])NC(=O)[C@H](CCSC)OC. The van der Waals surface area contributed by atoms with Crippen LogP contribution in [-0.4, -0.2) is 67.0 Å². The number of rotatable bonds is 11. The van der Waals surface area contributed by atoms with Crippen molar-refractivity contribution in [3.8, 4) is 0 Å². The lowest BCUT2D eigenvalue weighted by Gasteiger charge is -2.20. The van der Waals surface area contributed by atoms with Gasteiger partial charge in [0.25, 0.3) is 0 Å². The number of amides is 1. The lowest BCUT2D eigenvalue weighted by molar-refractivity contribution is -0.147. The molecule has 1 N–H and O–H groups in total. The van der Waals surface area contributed by atoms with Crippen LogP contribution in [0.15, 0.2) is 0 Å². The molecule has 0 unspecified atom stereocenters. The second kappa shape index (κ2) is 11.9. The molecule has 124 valence electrons. The Morgan fingerprint density at radius 1 is 1.32 bits per heavy atom. The van der Waals surface area contributed by atoms with Crippen LogP contribution in [0.4, 0.5) is 0 Å². The van der Waals surface area contributed by atoms with Crippen LogP contribution in [0.25, 0.3) is 5.53 Å². The molecule has 0 saturated carbocycles. The Hall–Kier alpha value is -1.70. The number of esters is 1. The molecule has 0 radical (unpaired) electrons. The largest absolute Gasteiger partial charge is 0.467 e. The fourth-order valence-corrected chi connectivity index (χ4v) is 2.10. The topological polar surface area (TPSA) is 118 Å². The predicted octanol–water partition coefficient (Wildman–Crippen LogP) is 0.0622. The van der Waals surface area contributed by atoms with Crippen molar-refractivity contribution < 1.29 is 28.6 Å². The minimum absolute atomic E-state index is 0.0439. The number of hydrogen-bond donors (Lipinski definition) is 1. The smallest absolute Gasteiger partial charge is 0.328 e. The number of nitrogens with one attached hydrogen (secondary N) is 1. The van der Waals surface area contributed by atoms with Gasteiger partial charge in [-0.05, 0) is 24.9 Å². The van der Waals surface area contributed by atoms with E-state index >= 15 is 0 Å². The normalized spacial score (nSPS) is 12.7. The number of carbonyl (C=O) groups excluding carboxylic acids is 3. The number of Topliss-reactive ketones (excluding diaryl/α,β-unsaturated/α-hetero) is 1. The molecule has 22 heavy (non-hydrogen) atoms. The first-order valence-corrected chi connectivity index (χ1v) is 7.99. The molecule has 0 aliphatic rings.